The zero-order valence-electron chi connectivity index (χ0n) is 15.0. The lowest BCUT2D eigenvalue weighted by molar-refractivity contribution is -0.116. The van der Waals surface area contributed by atoms with Gasteiger partial charge in [-0.25, -0.2) is 0 Å². The van der Waals surface area contributed by atoms with E-state index in [2.05, 4.69) is 28.2 Å². The third-order valence-electron chi connectivity index (χ3n) is 4.85. The predicted octanol–water partition coefficient (Wildman–Crippen LogP) is 4.74. The maximum atomic E-state index is 12.7. The molecule has 0 unspecified atom stereocenters. The van der Waals surface area contributed by atoms with Gasteiger partial charge in [-0.2, -0.15) is 0 Å². The van der Waals surface area contributed by atoms with Crippen molar-refractivity contribution in [2.45, 2.75) is 32.6 Å². The van der Waals surface area contributed by atoms with Gasteiger partial charge in [-0.3, -0.25) is 9.59 Å². The molecular formula is C20H23BrN2O2S. The Hall–Kier alpha value is -1.66. The average Bonchev–Trinajstić information content (AvgIpc) is 3.05. The van der Waals surface area contributed by atoms with Crippen LogP contribution in [0.3, 0.4) is 0 Å². The number of aryl methyl sites for hydroxylation is 1. The number of para-hydroxylation sites is 1. The predicted molar refractivity (Wildman–Crippen MR) is 110 cm³/mol. The summed E-state index contributed by atoms with van der Waals surface area (Å²) in [5.41, 5.74) is 2.03. The molecule has 4 nitrogen and oxygen atoms in total. The van der Waals surface area contributed by atoms with E-state index in [0.29, 0.717) is 5.69 Å². The molecule has 0 spiro atoms. The number of nitrogens with one attached hydrogen (secondary N) is 1. The van der Waals surface area contributed by atoms with Crippen molar-refractivity contribution in [3.8, 4) is 0 Å². The van der Waals surface area contributed by atoms with E-state index in [-0.39, 0.29) is 18.4 Å². The topological polar surface area (TPSA) is 49.4 Å². The number of likely N-dealkylation sites (N-methyl/N-ethyl adjacent to an activating group) is 1. The SMILES string of the molecule is CC[C@H]1CCc2sc(C(=O)N(C)CC(=O)Nc3ccccc3Br)cc2C1. The van der Waals surface area contributed by atoms with Crippen LogP contribution in [0.2, 0.25) is 0 Å². The molecule has 2 amide bonds. The third kappa shape index (κ3) is 4.35. The van der Waals surface area contributed by atoms with Crippen molar-refractivity contribution in [2.75, 3.05) is 18.9 Å². The summed E-state index contributed by atoms with van der Waals surface area (Å²) in [5.74, 6) is 0.438. The summed E-state index contributed by atoms with van der Waals surface area (Å²) in [6.45, 7) is 2.26. The van der Waals surface area contributed by atoms with E-state index in [1.165, 1.54) is 28.2 Å². The number of hydrogen-bond acceptors (Lipinski definition) is 3. The summed E-state index contributed by atoms with van der Waals surface area (Å²) in [4.78, 5) is 28.5. The fourth-order valence-electron chi connectivity index (χ4n) is 3.28. The number of anilines is 1. The number of carbonyl (C=O) groups excluding carboxylic acids is 2. The summed E-state index contributed by atoms with van der Waals surface area (Å²) >= 11 is 4.99. The van der Waals surface area contributed by atoms with Gasteiger partial charge in [0.1, 0.15) is 0 Å². The first kappa shape index (κ1) is 19.1. The summed E-state index contributed by atoms with van der Waals surface area (Å²) in [6, 6.07) is 9.46. The molecule has 3 rings (SSSR count). The van der Waals surface area contributed by atoms with Crippen molar-refractivity contribution in [3.05, 3.63) is 50.1 Å². The Morgan fingerprint density at radius 1 is 1.35 bits per heavy atom. The molecule has 0 aliphatic heterocycles. The standard InChI is InChI=1S/C20H23BrN2O2S/c1-3-13-8-9-17-14(10-13)11-18(26-17)20(25)23(2)12-19(24)22-16-7-5-4-6-15(16)21/h4-7,11,13H,3,8-10,12H2,1-2H3,(H,22,24)/t13-/m0/s1. The first-order valence-electron chi connectivity index (χ1n) is 8.89. The average molecular weight is 435 g/mol. The van der Waals surface area contributed by atoms with Crippen molar-refractivity contribution in [3.63, 3.8) is 0 Å². The molecule has 1 heterocycles. The zero-order chi connectivity index (χ0) is 18.7. The monoisotopic (exact) mass is 434 g/mol. The fraction of sp³-hybridized carbons (Fsp3) is 0.400. The van der Waals surface area contributed by atoms with Gasteiger partial charge in [-0.05, 0) is 64.9 Å². The first-order chi connectivity index (χ1) is 12.5. The first-order valence-corrected chi connectivity index (χ1v) is 10.5. The van der Waals surface area contributed by atoms with Crippen LogP contribution in [0, 0.1) is 5.92 Å². The molecule has 1 aromatic carbocycles. The van der Waals surface area contributed by atoms with Crippen LogP contribution in [0.1, 0.15) is 39.9 Å². The minimum Gasteiger partial charge on any atom is -0.332 e. The van der Waals surface area contributed by atoms with E-state index >= 15 is 0 Å². The molecular weight excluding hydrogens is 412 g/mol. The summed E-state index contributed by atoms with van der Waals surface area (Å²) < 4.78 is 0.818. The van der Waals surface area contributed by atoms with Crippen LogP contribution < -0.4 is 5.32 Å². The minimum absolute atomic E-state index is 0.0281. The van der Waals surface area contributed by atoms with Crippen molar-refractivity contribution >= 4 is 44.8 Å². The molecule has 2 aromatic rings. The summed E-state index contributed by atoms with van der Waals surface area (Å²) in [6.07, 6.45) is 4.54. The van der Waals surface area contributed by atoms with Gasteiger partial charge in [0.05, 0.1) is 17.1 Å². The molecule has 1 aliphatic rings. The van der Waals surface area contributed by atoms with Crippen LogP contribution in [0.15, 0.2) is 34.8 Å². The number of benzene rings is 1. The molecule has 0 bridgehead atoms. The molecule has 6 heteroatoms. The maximum absolute atomic E-state index is 12.7. The highest BCUT2D eigenvalue weighted by Crippen LogP contribution is 2.34. The second kappa shape index (κ2) is 8.35. The second-order valence-corrected chi connectivity index (χ2v) is 8.76. The molecule has 1 N–H and O–H groups in total. The number of halogens is 1. The number of thiophene rings is 1. The van der Waals surface area contributed by atoms with Gasteiger partial charge in [0, 0.05) is 16.4 Å². The van der Waals surface area contributed by atoms with Crippen LogP contribution in [-0.4, -0.2) is 30.3 Å². The number of rotatable bonds is 5. The van der Waals surface area contributed by atoms with E-state index in [0.717, 1.165) is 28.1 Å². The molecule has 1 aliphatic carbocycles. The van der Waals surface area contributed by atoms with Crippen molar-refractivity contribution < 1.29 is 9.59 Å². The van der Waals surface area contributed by atoms with Crippen molar-refractivity contribution in [1.82, 2.24) is 4.90 Å². The second-order valence-electron chi connectivity index (χ2n) is 6.77. The maximum Gasteiger partial charge on any atom is 0.264 e. The van der Waals surface area contributed by atoms with Crippen molar-refractivity contribution in [2.24, 2.45) is 5.92 Å². The van der Waals surface area contributed by atoms with Gasteiger partial charge in [0.15, 0.2) is 0 Å². The normalized spacial score (nSPS) is 16.0. The smallest absolute Gasteiger partial charge is 0.264 e. The Labute approximate surface area is 166 Å². The Kier molecular flexibility index (Phi) is 6.14. The van der Waals surface area contributed by atoms with Gasteiger partial charge in [0.2, 0.25) is 5.91 Å². The molecule has 1 atom stereocenters. The van der Waals surface area contributed by atoms with Gasteiger partial charge >= 0.3 is 0 Å². The van der Waals surface area contributed by atoms with Crippen LogP contribution in [0.5, 0.6) is 0 Å². The summed E-state index contributed by atoms with van der Waals surface area (Å²) in [5, 5.41) is 2.83. The van der Waals surface area contributed by atoms with E-state index in [1.54, 1.807) is 18.4 Å². The lowest BCUT2D eigenvalue weighted by Gasteiger charge is -2.19. The van der Waals surface area contributed by atoms with E-state index in [1.807, 2.05) is 30.3 Å². The van der Waals surface area contributed by atoms with Crippen LogP contribution in [0.25, 0.3) is 0 Å². The number of nitrogens with zero attached hydrogens (tertiary/aromatic N) is 1. The van der Waals surface area contributed by atoms with Gasteiger partial charge < -0.3 is 10.2 Å². The molecule has 0 fully saturated rings. The number of hydrogen-bond donors (Lipinski definition) is 1. The van der Waals surface area contributed by atoms with Gasteiger partial charge in [0.25, 0.3) is 5.91 Å². The molecule has 1 aromatic heterocycles. The lowest BCUT2D eigenvalue weighted by Crippen LogP contribution is -2.34. The molecule has 138 valence electrons. The molecule has 0 saturated heterocycles. The minimum atomic E-state index is -0.208. The highest BCUT2D eigenvalue weighted by molar-refractivity contribution is 9.10. The highest BCUT2D eigenvalue weighted by Gasteiger charge is 2.24. The third-order valence-corrected chi connectivity index (χ3v) is 6.77. The van der Waals surface area contributed by atoms with Gasteiger partial charge in [-0.1, -0.05) is 25.5 Å². The van der Waals surface area contributed by atoms with Crippen LogP contribution >= 0.6 is 27.3 Å². The largest absolute Gasteiger partial charge is 0.332 e. The van der Waals surface area contributed by atoms with E-state index in [4.69, 9.17) is 0 Å². The number of carbonyl (C=O) groups is 2. The Bertz CT molecular complexity index is 818. The molecule has 0 saturated carbocycles. The Balaban J connectivity index is 1.62. The fourth-order valence-corrected chi connectivity index (χ4v) is 4.87. The van der Waals surface area contributed by atoms with Crippen molar-refractivity contribution in [1.29, 1.82) is 0 Å². The number of fused-ring (bicyclic) bond motifs is 1. The molecule has 0 radical (unpaired) electrons. The summed E-state index contributed by atoms with van der Waals surface area (Å²) in [7, 11) is 1.68. The quantitative estimate of drug-likeness (QED) is 0.738. The Morgan fingerprint density at radius 3 is 2.85 bits per heavy atom. The Morgan fingerprint density at radius 2 is 2.12 bits per heavy atom. The lowest BCUT2D eigenvalue weighted by atomic mass is 9.87. The van der Waals surface area contributed by atoms with E-state index < -0.39 is 0 Å². The zero-order valence-corrected chi connectivity index (χ0v) is 17.5. The van der Waals surface area contributed by atoms with Gasteiger partial charge in [-0.15, -0.1) is 11.3 Å². The van der Waals surface area contributed by atoms with E-state index in [9.17, 15) is 9.59 Å². The molecule has 26 heavy (non-hydrogen) atoms. The van der Waals surface area contributed by atoms with Crippen LogP contribution in [-0.2, 0) is 17.6 Å². The highest BCUT2D eigenvalue weighted by atomic mass is 79.9. The number of amides is 2. The van der Waals surface area contributed by atoms with Crippen LogP contribution in [0.4, 0.5) is 5.69 Å².